The Bertz CT molecular complexity index is 625. The number of nitrogens with one attached hydrogen (secondary N) is 2. The van der Waals surface area contributed by atoms with Crippen molar-refractivity contribution in [3.05, 3.63) is 35.9 Å². The van der Waals surface area contributed by atoms with Gasteiger partial charge in [-0.05, 0) is 31.5 Å². The van der Waals surface area contributed by atoms with Gasteiger partial charge in [0.05, 0.1) is 12.6 Å². The molecular weight excluding hydrogens is 332 g/mol. The topological polar surface area (TPSA) is 81.8 Å². The molecule has 0 aliphatic carbocycles. The van der Waals surface area contributed by atoms with Crippen molar-refractivity contribution >= 4 is 17.8 Å². The molecule has 7 heteroatoms. The van der Waals surface area contributed by atoms with Gasteiger partial charge in [0.15, 0.2) is 0 Å². The predicted octanol–water partition coefficient (Wildman–Crippen LogP) is 1.27. The maximum absolute atomic E-state index is 12.3. The predicted molar refractivity (Wildman–Crippen MR) is 97.3 cm³/mol. The summed E-state index contributed by atoms with van der Waals surface area (Å²) >= 11 is 0. The van der Waals surface area contributed by atoms with Crippen LogP contribution < -0.4 is 10.6 Å². The lowest BCUT2D eigenvalue weighted by Gasteiger charge is -2.31. The maximum Gasteiger partial charge on any atom is 0.325 e. The van der Waals surface area contributed by atoms with E-state index in [4.69, 9.17) is 0 Å². The molecule has 0 radical (unpaired) electrons. The van der Waals surface area contributed by atoms with Crippen molar-refractivity contribution in [2.75, 3.05) is 32.7 Å². The van der Waals surface area contributed by atoms with Crippen molar-refractivity contribution in [3.8, 4) is 0 Å². The summed E-state index contributed by atoms with van der Waals surface area (Å²) in [6.07, 6.45) is 4.83. The highest BCUT2D eigenvalue weighted by atomic mass is 16.2. The van der Waals surface area contributed by atoms with Gasteiger partial charge in [-0.1, -0.05) is 43.2 Å². The van der Waals surface area contributed by atoms with Gasteiger partial charge in [0.25, 0.3) is 5.91 Å². The first kappa shape index (κ1) is 18.4. The zero-order valence-corrected chi connectivity index (χ0v) is 14.9. The highest BCUT2D eigenvalue weighted by Gasteiger charge is 2.30. The average molecular weight is 358 g/mol. The average Bonchev–Trinajstić information content (AvgIpc) is 2.85. The van der Waals surface area contributed by atoms with E-state index in [1.165, 1.54) is 31.2 Å². The van der Waals surface area contributed by atoms with Crippen molar-refractivity contribution in [3.63, 3.8) is 0 Å². The molecule has 26 heavy (non-hydrogen) atoms. The Morgan fingerprint density at radius 3 is 2.38 bits per heavy atom. The fraction of sp³-hybridized carbons (Fsp3) is 0.526. The number of nitrogens with zero attached hydrogens (tertiary/aromatic N) is 2. The minimum atomic E-state index is -0.503. The van der Waals surface area contributed by atoms with Crippen LogP contribution in [0.3, 0.4) is 0 Å². The number of amides is 4. The minimum Gasteiger partial charge on any atom is -0.353 e. The number of urea groups is 1. The Hall–Kier alpha value is -2.41. The Morgan fingerprint density at radius 1 is 1.08 bits per heavy atom. The number of carbonyl (C=O) groups is 3. The third kappa shape index (κ3) is 4.60. The molecule has 1 aromatic carbocycles. The quantitative estimate of drug-likeness (QED) is 0.751. The molecule has 7 nitrogen and oxygen atoms in total. The van der Waals surface area contributed by atoms with Crippen LogP contribution in [0.25, 0.3) is 0 Å². The van der Waals surface area contributed by atoms with Gasteiger partial charge >= 0.3 is 6.03 Å². The molecule has 1 atom stereocenters. The molecule has 2 heterocycles. The van der Waals surface area contributed by atoms with E-state index < -0.39 is 6.03 Å². The molecule has 2 aliphatic heterocycles. The van der Waals surface area contributed by atoms with Gasteiger partial charge in [0.1, 0.15) is 6.54 Å². The smallest absolute Gasteiger partial charge is 0.325 e. The van der Waals surface area contributed by atoms with Crippen LogP contribution in [-0.4, -0.2) is 60.4 Å². The number of hydrogen-bond acceptors (Lipinski definition) is 4. The molecule has 0 spiro atoms. The molecule has 2 saturated heterocycles. The molecule has 0 saturated carbocycles. The summed E-state index contributed by atoms with van der Waals surface area (Å²) in [5, 5.41) is 5.34. The van der Waals surface area contributed by atoms with Crippen molar-refractivity contribution in [2.24, 2.45) is 0 Å². The van der Waals surface area contributed by atoms with Crippen molar-refractivity contribution in [1.82, 2.24) is 20.4 Å². The molecule has 2 fully saturated rings. The van der Waals surface area contributed by atoms with Gasteiger partial charge < -0.3 is 10.6 Å². The van der Waals surface area contributed by atoms with Crippen LogP contribution in [0, 0.1) is 0 Å². The van der Waals surface area contributed by atoms with E-state index in [-0.39, 0.29) is 30.9 Å². The zero-order chi connectivity index (χ0) is 18.4. The lowest BCUT2D eigenvalue weighted by molar-refractivity contribution is -0.130. The molecule has 4 amide bonds. The SMILES string of the molecule is O=C(CN1C(=O)CNC1=O)NCC(c1ccccc1)N1CCCCCC1. The summed E-state index contributed by atoms with van der Waals surface area (Å²) in [7, 11) is 0. The largest absolute Gasteiger partial charge is 0.353 e. The highest BCUT2D eigenvalue weighted by molar-refractivity contribution is 6.04. The molecular formula is C19H26N4O3. The van der Waals surface area contributed by atoms with Crippen LogP contribution in [0.15, 0.2) is 30.3 Å². The lowest BCUT2D eigenvalue weighted by atomic mass is 10.0. The van der Waals surface area contributed by atoms with Gasteiger partial charge in [-0.2, -0.15) is 0 Å². The summed E-state index contributed by atoms with van der Waals surface area (Å²) in [4.78, 5) is 38.8. The number of imide groups is 1. The Kier molecular flexibility index (Phi) is 6.22. The Labute approximate surface area is 153 Å². The first-order chi connectivity index (χ1) is 12.6. The zero-order valence-electron chi connectivity index (χ0n) is 14.9. The molecule has 140 valence electrons. The molecule has 1 unspecified atom stereocenters. The van der Waals surface area contributed by atoms with Gasteiger partial charge in [-0.15, -0.1) is 0 Å². The van der Waals surface area contributed by atoms with Crippen LogP contribution in [0.4, 0.5) is 4.79 Å². The van der Waals surface area contributed by atoms with Gasteiger partial charge in [-0.3, -0.25) is 19.4 Å². The summed E-state index contributed by atoms with van der Waals surface area (Å²) in [5.41, 5.74) is 1.17. The Balaban J connectivity index is 1.63. The fourth-order valence-electron chi connectivity index (χ4n) is 3.57. The lowest BCUT2D eigenvalue weighted by Crippen LogP contribution is -2.44. The minimum absolute atomic E-state index is 0.0352. The van der Waals surface area contributed by atoms with Crippen molar-refractivity contribution in [1.29, 1.82) is 0 Å². The first-order valence-electron chi connectivity index (χ1n) is 9.29. The number of rotatable bonds is 6. The van der Waals surface area contributed by atoms with Gasteiger partial charge in [0, 0.05) is 6.54 Å². The summed E-state index contributed by atoms with van der Waals surface area (Å²) in [5.74, 6) is -0.677. The van der Waals surface area contributed by atoms with E-state index in [0.717, 1.165) is 18.0 Å². The summed E-state index contributed by atoms with van der Waals surface area (Å²) in [6.45, 7) is 2.23. The Morgan fingerprint density at radius 2 is 1.77 bits per heavy atom. The van der Waals surface area contributed by atoms with Crippen LogP contribution in [0.2, 0.25) is 0 Å². The number of likely N-dealkylation sites (tertiary alicyclic amines) is 1. The molecule has 0 bridgehead atoms. The summed E-state index contributed by atoms with van der Waals surface area (Å²) < 4.78 is 0. The van der Waals surface area contributed by atoms with Crippen LogP contribution in [0.1, 0.15) is 37.3 Å². The molecule has 2 N–H and O–H groups in total. The van der Waals surface area contributed by atoms with E-state index >= 15 is 0 Å². The molecule has 1 aromatic rings. The van der Waals surface area contributed by atoms with E-state index in [0.29, 0.717) is 6.54 Å². The molecule has 0 aromatic heterocycles. The van der Waals surface area contributed by atoms with Crippen LogP contribution in [0.5, 0.6) is 0 Å². The second-order valence-corrected chi connectivity index (χ2v) is 6.82. The summed E-state index contributed by atoms with van der Waals surface area (Å²) in [6, 6.07) is 9.76. The second-order valence-electron chi connectivity index (χ2n) is 6.82. The molecule has 2 aliphatic rings. The normalized spacial score (nSPS) is 19.8. The monoisotopic (exact) mass is 358 g/mol. The van der Waals surface area contributed by atoms with E-state index in [1.807, 2.05) is 18.2 Å². The first-order valence-corrected chi connectivity index (χ1v) is 9.29. The molecule has 3 rings (SSSR count). The van der Waals surface area contributed by atoms with E-state index in [9.17, 15) is 14.4 Å². The van der Waals surface area contributed by atoms with Crippen LogP contribution >= 0.6 is 0 Å². The maximum atomic E-state index is 12.3. The third-order valence-electron chi connectivity index (χ3n) is 5.00. The van der Waals surface area contributed by atoms with E-state index in [1.54, 1.807) is 0 Å². The van der Waals surface area contributed by atoms with E-state index in [2.05, 4.69) is 27.7 Å². The third-order valence-corrected chi connectivity index (χ3v) is 5.00. The number of benzene rings is 1. The second kappa shape index (κ2) is 8.80. The van der Waals surface area contributed by atoms with Crippen LogP contribution in [-0.2, 0) is 9.59 Å². The van der Waals surface area contributed by atoms with Crippen molar-refractivity contribution < 1.29 is 14.4 Å². The highest BCUT2D eigenvalue weighted by Crippen LogP contribution is 2.23. The van der Waals surface area contributed by atoms with Crippen molar-refractivity contribution in [2.45, 2.75) is 31.7 Å². The fourth-order valence-corrected chi connectivity index (χ4v) is 3.57. The number of hydrogen-bond donors (Lipinski definition) is 2. The standard InChI is InChI=1S/C19H26N4O3/c24-17(14-23-18(25)13-21-19(23)26)20-12-16(15-8-4-3-5-9-15)22-10-6-1-2-7-11-22/h3-5,8-9,16H,1-2,6-7,10-14H2,(H,20,24)(H,21,26). The van der Waals surface area contributed by atoms with Gasteiger partial charge in [0.2, 0.25) is 5.91 Å². The number of carbonyl (C=O) groups excluding carboxylic acids is 3. The van der Waals surface area contributed by atoms with Gasteiger partial charge in [-0.25, -0.2) is 4.79 Å².